The highest BCUT2D eigenvalue weighted by atomic mass is 32.2. The van der Waals surface area contributed by atoms with E-state index in [9.17, 15) is 23.4 Å². The van der Waals surface area contributed by atoms with Gasteiger partial charge in [0.25, 0.3) is 0 Å². The molecule has 0 bridgehead atoms. The van der Waals surface area contributed by atoms with Crippen molar-refractivity contribution in [3.8, 4) is 0 Å². The summed E-state index contributed by atoms with van der Waals surface area (Å²) >= 11 is 0. The lowest BCUT2D eigenvalue weighted by Crippen LogP contribution is -2.64. The first-order chi connectivity index (χ1) is 13.6. The van der Waals surface area contributed by atoms with Crippen LogP contribution in [-0.4, -0.2) is 71.1 Å². The fourth-order valence-electron chi connectivity index (χ4n) is 4.54. The van der Waals surface area contributed by atoms with Crippen molar-refractivity contribution in [1.29, 1.82) is 0 Å². The monoisotopic (exact) mass is 426 g/mol. The Morgan fingerprint density at radius 1 is 1.14 bits per heavy atom. The molecule has 1 atom stereocenters. The van der Waals surface area contributed by atoms with Crippen molar-refractivity contribution in [3.63, 3.8) is 0 Å². The van der Waals surface area contributed by atoms with Crippen molar-refractivity contribution in [2.75, 3.05) is 24.7 Å². The zero-order chi connectivity index (χ0) is 21.1. The molecule has 4 N–H and O–H groups in total. The van der Waals surface area contributed by atoms with Crippen LogP contribution in [0.15, 0.2) is 24.5 Å². The number of piperidine rings is 1. The lowest BCUT2D eigenvalue weighted by molar-refractivity contribution is -0.150. The average Bonchev–Trinajstić information content (AvgIpc) is 2.69. The van der Waals surface area contributed by atoms with E-state index >= 15 is 0 Å². The maximum absolute atomic E-state index is 11.7. The van der Waals surface area contributed by atoms with Crippen LogP contribution in [0.2, 0.25) is 0 Å². The van der Waals surface area contributed by atoms with Crippen molar-refractivity contribution in [2.45, 2.75) is 62.3 Å². The molecule has 29 heavy (non-hydrogen) atoms. The van der Waals surface area contributed by atoms with Crippen molar-refractivity contribution < 1.29 is 23.4 Å². The van der Waals surface area contributed by atoms with E-state index in [0.717, 1.165) is 37.9 Å². The van der Waals surface area contributed by atoms with Gasteiger partial charge in [0.05, 0.1) is 17.5 Å². The third-order valence-electron chi connectivity index (χ3n) is 6.08. The summed E-state index contributed by atoms with van der Waals surface area (Å²) in [4.78, 5) is 18.2. The molecular formula is C19H30N4O5S. The average molecular weight is 427 g/mol. The van der Waals surface area contributed by atoms with Gasteiger partial charge < -0.3 is 15.5 Å². The first-order valence-corrected chi connectivity index (χ1v) is 11.9. The molecule has 10 heteroatoms. The second-order valence-corrected chi connectivity index (χ2v) is 9.99. The molecule has 1 aromatic rings. The van der Waals surface area contributed by atoms with Gasteiger partial charge >= 0.3 is 5.97 Å². The molecular weight excluding hydrogens is 396 g/mol. The van der Waals surface area contributed by atoms with Crippen LogP contribution >= 0.6 is 0 Å². The van der Waals surface area contributed by atoms with E-state index in [4.69, 9.17) is 0 Å². The first-order valence-electron chi connectivity index (χ1n) is 9.99. The Hall–Kier alpha value is -1.75. The Morgan fingerprint density at radius 3 is 2.24 bits per heavy atom. The van der Waals surface area contributed by atoms with Crippen LogP contribution in [0.25, 0.3) is 0 Å². The number of hydrogen-bond donors (Lipinski definition) is 4. The van der Waals surface area contributed by atoms with E-state index in [2.05, 4.69) is 19.9 Å². The molecule has 0 radical (unpaired) electrons. The van der Waals surface area contributed by atoms with Gasteiger partial charge in [-0.15, -0.1) is 0 Å². The number of anilines is 1. The molecule has 0 aromatic carbocycles. The van der Waals surface area contributed by atoms with E-state index in [1.54, 1.807) is 12.4 Å². The maximum Gasteiger partial charge on any atom is 0.324 e. The lowest BCUT2D eigenvalue weighted by Gasteiger charge is -2.53. The number of likely N-dealkylation sites (tertiary alicyclic amines) is 1. The summed E-state index contributed by atoms with van der Waals surface area (Å²) in [6.45, 7) is 1.86. The van der Waals surface area contributed by atoms with Gasteiger partial charge in [0.1, 0.15) is 6.04 Å². The predicted molar refractivity (Wildman–Crippen MR) is 109 cm³/mol. The van der Waals surface area contributed by atoms with E-state index in [1.807, 2.05) is 12.1 Å². The van der Waals surface area contributed by atoms with Gasteiger partial charge in [0.15, 0.2) is 0 Å². The maximum atomic E-state index is 11.7. The fourth-order valence-corrected chi connectivity index (χ4v) is 5.28. The minimum atomic E-state index is -3.78. The normalized spacial score (nSPS) is 29.9. The number of sulfonamides is 1. The Morgan fingerprint density at radius 2 is 1.72 bits per heavy atom. The second kappa shape index (κ2) is 8.55. The molecule has 3 rings (SSSR count). The van der Waals surface area contributed by atoms with Gasteiger partial charge in [0.2, 0.25) is 10.0 Å². The highest BCUT2D eigenvalue weighted by Gasteiger charge is 2.51. The quantitative estimate of drug-likeness (QED) is 0.507. The predicted octanol–water partition coefficient (Wildman–Crippen LogP) is 0.983. The zero-order valence-electron chi connectivity index (χ0n) is 16.7. The molecule has 2 aliphatic rings. The van der Waals surface area contributed by atoms with Crippen LogP contribution < -0.4 is 10.0 Å². The first kappa shape index (κ1) is 21.9. The number of carbonyl (C=O) groups is 1. The van der Waals surface area contributed by atoms with Crippen LogP contribution in [-0.2, 0) is 14.8 Å². The molecule has 0 amide bonds. The summed E-state index contributed by atoms with van der Waals surface area (Å²) in [7, 11) is -3.78. The lowest BCUT2D eigenvalue weighted by atomic mass is 9.73. The van der Waals surface area contributed by atoms with Gasteiger partial charge in [0, 0.05) is 31.2 Å². The van der Waals surface area contributed by atoms with Crippen LogP contribution in [0.3, 0.4) is 0 Å². The van der Waals surface area contributed by atoms with Crippen molar-refractivity contribution in [3.05, 3.63) is 24.5 Å². The van der Waals surface area contributed by atoms with Gasteiger partial charge in [-0.3, -0.25) is 14.7 Å². The number of hydrogen-bond acceptors (Lipinski definition) is 7. The van der Waals surface area contributed by atoms with Gasteiger partial charge in [-0.2, -0.15) is 4.72 Å². The van der Waals surface area contributed by atoms with Gasteiger partial charge in [-0.05, 0) is 50.7 Å². The third-order valence-corrected chi connectivity index (χ3v) is 6.74. The van der Waals surface area contributed by atoms with E-state index in [-0.39, 0.29) is 12.8 Å². The van der Waals surface area contributed by atoms with Crippen molar-refractivity contribution in [2.24, 2.45) is 0 Å². The molecule has 1 unspecified atom stereocenters. The number of aromatic nitrogens is 1. The summed E-state index contributed by atoms with van der Waals surface area (Å²) in [5.41, 5.74) is -1.14. The number of aliphatic carboxylic acids is 1. The van der Waals surface area contributed by atoms with E-state index in [1.165, 1.54) is 6.42 Å². The minimum Gasteiger partial charge on any atom is -0.480 e. The largest absolute Gasteiger partial charge is 0.480 e. The van der Waals surface area contributed by atoms with E-state index in [0.29, 0.717) is 12.8 Å². The molecule has 0 spiro atoms. The number of carboxylic acid groups (broad SMARTS) is 1. The molecule has 9 nitrogen and oxygen atoms in total. The second-order valence-electron chi connectivity index (χ2n) is 8.21. The molecule has 1 aromatic heterocycles. The van der Waals surface area contributed by atoms with Crippen LogP contribution in [0.1, 0.15) is 44.9 Å². The molecule has 2 heterocycles. The number of pyridine rings is 1. The molecule has 1 saturated heterocycles. The van der Waals surface area contributed by atoms with Crippen LogP contribution in [0.4, 0.5) is 5.69 Å². The smallest absolute Gasteiger partial charge is 0.324 e. The number of rotatable bonds is 7. The van der Waals surface area contributed by atoms with E-state index < -0.39 is 33.3 Å². The summed E-state index contributed by atoms with van der Waals surface area (Å²) in [5.74, 6) is -1.37. The Bertz CT molecular complexity index is 803. The van der Waals surface area contributed by atoms with Crippen LogP contribution in [0, 0.1) is 0 Å². The molecule has 1 aliphatic carbocycles. The Balaban J connectivity index is 1.83. The minimum absolute atomic E-state index is 0.168. The fraction of sp³-hybridized carbons (Fsp3) is 0.684. The SMILES string of the molecule is CS(=O)(=O)NC(C(=O)O)C1(O)CCC(Nc2ccncc2)(N2CCCCC2)CC1. The molecule has 1 saturated carbocycles. The van der Waals surface area contributed by atoms with Crippen molar-refractivity contribution >= 4 is 21.7 Å². The van der Waals surface area contributed by atoms with Crippen LogP contribution in [0.5, 0.6) is 0 Å². The number of aliphatic hydroxyl groups is 1. The number of nitrogens with one attached hydrogen (secondary N) is 2. The zero-order valence-corrected chi connectivity index (χ0v) is 17.5. The van der Waals surface area contributed by atoms with Gasteiger partial charge in [-0.25, -0.2) is 8.42 Å². The third kappa shape index (κ3) is 5.25. The Labute approximate surface area is 171 Å². The van der Waals surface area contributed by atoms with Gasteiger partial charge in [-0.1, -0.05) is 6.42 Å². The highest BCUT2D eigenvalue weighted by Crippen LogP contribution is 2.42. The molecule has 162 valence electrons. The number of nitrogens with zero attached hydrogens (tertiary/aromatic N) is 2. The topological polar surface area (TPSA) is 132 Å². The molecule has 2 fully saturated rings. The molecule has 1 aliphatic heterocycles. The summed E-state index contributed by atoms with van der Waals surface area (Å²) in [6, 6.07) is 2.20. The highest BCUT2D eigenvalue weighted by molar-refractivity contribution is 7.88. The summed E-state index contributed by atoms with van der Waals surface area (Å²) in [6.07, 6.45) is 9.03. The van der Waals surface area contributed by atoms with Crippen molar-refractivity contribution in [1.82, 2.24) is 14.6 Å². The summed E-state index contributed by atoms with van der Waals surface area (Å²) in [5, 5.41) is 24.3. The number of carboxylic acids is 1. The Kier molecular flexibility index (Phi) is 6.47. The standard InChI is InChI=1S/C19H30N4O5S/c1-29(27,28)22-16(17(24)25)18(26)7-9-19(10-8-18,23-13-3-2-4-14-23)21-15-5-11-20-12-6-15/h5-6,11-12,16,22,26H,2-4,7-10,13-14H2,1H3,(H,20,21)(H,24,25). The summed E-state index contributed by atoms with van der Waals surface area (Å²) < 4.78 is 25.4.